The summed E-state index contributed by atoms with van der Waals surface area (Å²) in [4.78, 5) is 19.5. The lowest BCUT2D eigenvalue weighted by Crippen LogP contribution is -2.12. The van der Waals surface area contributed by atoms with Crippen molar-refractivity contribution in [3.63, 3.8) is 0 Å². The maximum Gasteiger partial charge on any atom is 0.351 e. The van der Waals surface area contributed by atoms with Gasteiger partial charge in [0.25, 0.3) is 0 Å². The Balaban J connectivity index is 2.15. The summed E-state index contributed by atoms with van der Waals surface area (Å²) < 4.78 is 4.71. The van der Waals surface area contributed by atoms with E-state index in [4.69, 9.17) is 10.00 Å². The van der Waals surface area contributed by atoms with Gasteiger partial charge in [-0.15, -0.1) is 0 Å². The highest BCUT2D eigenvalue weighted by Crippen LogP contribution is 2.20. The van der Waals surface area contributed by atoms with Crippen molar-refractivity contribution in [3.8, 4) is 17.6 Å². The Morgan fingerprint density at radius 1 is 1.36 bits per heavy atom. The van der Waals surface area contributed by atoms with Crippen LogP contribution in [-0.4, -0.2) is 28.8 Å². The molecule has 0 aliphatic carbocycles. The van der Waals surface area contributed by atoms with E-state index in [1.165, 1.54) is 0 Å². The number of ether oxygens (including phenoxy) is 1. The molecule has 0 radical (unpaired) electrons. The van der Waals surface area contributed by atoms with Gasteiger partial charge >= 0.3 is 5.97 Å². The number of hydrogen-bond donors (Lipinski definition) is 0. The summed E-state index contributed by atoms with van der Waals surface area (Å²) in [6.45, 7) is 1.95. The lowest BCUT2D eigenvalue weighted by molar-refractivity contribution is -0.134. The molecule has 0 aliphatic heterocycles. The molecular weight excluding hydrogens is 282 g/mol. The highest BCUT2D eigenvalue weighted by atomic mass is 16.5. The Morgan fingerprint density at radius 2 is 2.05 bits per heavy atom. The number of anilines is 1. The first-order valence-electron chi connectivity index (χ1n) is 6.52. The van der Waals surface area contributed by atoms with Crippen LogP contribution in [0.1, 0.15) is 6.92 Å². The quantitative estimate of drug-likeness (QED) is 0.275. The lowest BCUT2D eigenvalue weighted by atomic mass is 10.2. The molecule has 0 amide bonds. The maximum absolute atomic E-state index is 11.2. The van der Waals surface area contributed by atoms with Gasteiger partial charge in [-0.2, -0.15) is 15.4 Å². The van der Waals surface area contributed by atoms with Gasteiger partial charge in [0.05, 0.1) is 12.3 Å². The molecule has 110 valence electrons. The van der Waals surface area contributed by atoms with Gasteiger partial charge in [0.15, 0.2) is 5.82 Å². The minimum absolute atomic E-state index is 0.253. The van der Waals surface area contributed by atoms with Crippen molar-refractivity contribution in [2.75, 3.05) is 11.6 Å². The van der Waals surface area contributed by atoms with Crippen molar-refractivity contribution >= 4 is 17.9 Å². The van der Waals surface area contributed by atoms with Crippen LogP contribution in [0.15, 0.2) is 47.8 Å². The third-order valence-electron chi connectivity index (χ3n) is 2.60. The summed E-state index contributed by atoms with van der Waals surface area (Å²) in [6, 6.07) is 8.66. The van der Waals surface area contributed by atoms with Crippen molar-refractivity contribution < 1.29 is 9.53 Å². The maximum atomic E-state index is 11.2. The van der Waals surface area contributed by atoms with Gasteiger partial charge in [-0.25, -0.2) is 14.8 Å². The van der Waals surface area contributed by atoms with E-state index in [-0.39, 0.29) is 6.61 Å². The molecule has 1 heterocycles. The summed E-state index contributed by atoms with van der Waals surface area (Å²) in [5, 5.41) is 13.9. The van der Waals surface area contributed by atoms with Gasteiger partial charge in [-0.3, -0.25) is 0 Å². The predicted molar refractivity (Wildman–Crippen MR) is 80.7 cm³/mol. The van der Waals surface area contributed by atoms with Gasteiger partial charge in [-0.1, -0.05) is 0 Å². The van der Waals surface area contributed by atoms with E-state index in [0.717, 1.165) is 16.8 Å². The summed E-state index contributed by atoms with van der Waals surface area (Å²) in [7, 11) is 0. The third-order valence-corrected chi connectivity index (χ3v) is 2.60. The number of rotatable bonds is 5. The third kappa shape index (κ3) is 3.86. The van der Waals surface area contributed by atoms with Gasteiger partial charge in [-0.05, 0) is 37.3 Å². The Kier molecular flexibility index (Phi) is 5.15. The topological polar surface area (TPSA) is 91.5 Å². The summed E-state index contributed by atoms with van der Waals surface area (Å²) in [5.74, 6) is -0.00959. The average Bonchev–Trinajstić information content (AvgIpc) is 2.57. The number of carbonyl (C=O) groups is 1. The second-order valence-electron chi connectivity index (χ2n) is 4.03. The van der Waals surface area contributed by atoms with E-state index in [2.05, 4.69) is 15.1 Å². The Morgan fingerprint density at radius 3 is 2.64 bits per heavy atom. The van der Waals surface area contributed by atoms with E-state index >= 15 is 0 Å². The fourth-order valence-electron chi connectivity index (χ4n) is 1.63. The second kappa shape index (κ2) is 7.50. The molecule has 1 aromatic carbocycles. The number of hydrogen-bond acceptors (Lipinski definition) is 7. The minimum atomic E-state index is -0.600. The van der Waals surface area contributed by atoms with Crippen LogP contribution in [0.4, 0.5) is 5.69 Å². The first-order valence-corrected chi connectivity index (χ1v) is 6.52. The molecule has 0 bridgehead atoms. The lowest BCUT2D eigenvalue weighted by Gasteiger charge is -2.09. The molecule has 22 heavy (non-hydrogen) atoms. The molecule has 0 saturated heterocycles. The molecule has 2 rings (SSSR count). The molecule has 0 N–H and O–H groups in total. The molecule has 0 atom stereocenters. The number of nitrogens with zero attached hydrogens (tertiary/aromatic N) is 5. The van der Waals surface area contributed by atoms with Crippen LogP contribution in [0.25, 0.3) is 11.4 Å². The Hall–Kier alpha value is -3.27. The standard InChI is InChI=1S/C15H13N5O2/c1-2-22-14(21)10-19-20(11-16)13-6-4-12(5-7-13)15-17-8-3-9-18-15/h3-10H,2H2,1H3. The van der Waals surface area contributed by atoms with E-state index in [0.29, 0.717) is 11.5 Å². The first-order chi connectivity index (χ1) is 10.7. The molecule has 0 spiro atoms. The smallest absolute Gasteiger partial charge is 0.351 e. The van der Waals surface area contributed by atoms with Crippen molar-refractivity contribution in [2.24, 2.45) is 5.10 Å². The molecular formula is C15H13N5O2. The van der Waals surface area contributed by atoms with Crippen molar-refractivity contribution in [1.82, 2.24) is 9.97 Å². The second-order valence-corrected chi connectivity index (χ2v) is 4.03. The molecule has 2 aromatic rings. The van der Waals surface area contributed by atoms with Crippen LogP contribution in [0.2, 0.25) is 0 Å². The van der Waals surface area contributed by atoms with E-state index < -0.39 is 5.97 Å². The first kappa shape index (κ1) is 15.1. The van der Waals surface area contributed by atoms with Crippen molar-refractivity contribution in [3.05, 3.63) is 42.7 Å². The van der Waals surface area contributed by atoms with Crippen LogP contribution < -0.4 is 5.01 Å². The van der Waals surface area contributed by atoms with E-state index in [1.807, 2.05) is 6.19 Å². The fourth-order valence-corrected chi connectivity index (χ4v) is 1.63. The van der Waals surface area contributed by atoms with Gasteiger partial charge in [0.1, 0.15) is 6.21 Å². The molecule has 1 aromatic heterocycles. The molecule has 0 aliphatic rings. The zero-order valence-corrected chi connectivity index (χ0v) is 11.9. The largest absolute Gasteiger partial charge is 0.462 e. The number of esters is 1. The van der Waals surface area contributed by atoms with Gasteiger partial charge in [0, 0.05) is 18.0 Å². The number of aromatic nitrogens is 2. The minimum Gasteiger partial charge on any atom is -0.462 e. The van der Waals surface area contributed by atoms with Crippen LogP contribution in [0.3, 0.4) is 0 Å². The highest BCUT2D eigenvalue weighted by Gasteiger charge is 2.06. The van der Waals surface area contributed by atoms with Crippen LogP contribution in [0, 0.1) is 11.5 Å². The Labute approximate surface area is 127 Å². The zero-order valence-electron chi connectivity index (χ0n) is 11.9. The van der Waals surface area contributed by atoms with Gasteiger partial charge in [0.2, 0.25) is 6.19 Å². The van der Waals surface area contributed by atoms with E-state index in [1.54, 1.807) is 49.6 Å². The molecule has 0 fully saturated rings. The number of hydrazone groups is 1. The summed E-state index contributed by atoms with van der Waals surface area (Å²) in [6.07, 6.45) is 6.14. The zero-order chi connectivity index (χ0) is 15.8. The van der Waals surface area contributed by atoms with E-state index in [9.17, 15) is 4.79 Å². The van der Waals surface area contributed by atoms with Crippen LogP contribution in [-0.2, 0) is 9.53 Å². The summed E-state index contributed by atoms with van der Waals surface area (Å²) >= 11 is 0. The normalized spacial score (nSPS) is 10.2. The molecule has 0 saturated carbocycles. The molecule has 7 nitrogen and oxygen atoms in total. The predicted octanol–water partition coefficient (Wildman–Crippen LogP) is 1.98. The van der Waals surface area contributed by atoms with Crippen molar-refractivity contribution in [2.45, 2.75) is 6.92 Å². The monoisotopic (exact) mass is 295 g/mol. The molecule has 0 unspecified atom stereocenters. The SMILES string of the molecule is CCOC(=O)C=NN(C#N)c1ccc(-c2ncccn2)cc1. The van der Waals surface area contributed by atoms with Crippen LogP contribution >= 0.6 is 0 Å². The van der Waals surface area contributed by atoms with Crippen LogP contribution in [0.5, 0.6) is 0 Å². The number of carbonyl (C=O) groups excluding carboxylic acids is 1. The number of benzene rings is 1. The van der Waals surface area contributed by atoms with Crippen molar-refractivity contribution in [1.29, 1.82) is 5.26 Å². The highest BCUT2D eigenvalue weighted by molar-refractivity contribution is 6.23. The van der Waals surface area contributed by atoms with Gasteiger partial charge < -0.3 is 4.74 Å². The Bertz CT molecular complexity index is 692. The molecule has 7 heteroatoms. The fraction of sp³-hybridized carbons (Fsp3) is 0.133. The average molecular weight is 295 g/mol. The summed E-state index contributed by atoms with van der Waals surface area (Å²) in [5.41, 5.74) is 1.33. The number of nitriles is 1.